The average Bonchev–Trinajstić information content (AvgIpc) is 2.74. The number of aromatic nitrogens is 1. The van der Waals surface area contributed by atoms with Crippen molar-refractivity contribution in [2.45, 2.75) is 13.1 Å². The van der Waals surface area contributed by atoms with Gasteiger partial charge in [0.1, 0.15) is 0 Å². The molecule has 96 valence electrons. The second kappa shape index (κ2) is 6.18. The molecule has 1 aromatic heterocycles. The molecule has 0 aliphatic carbocycles. The van der Waals surface area contributed by atoms with Gasteiger partial charge >= 0.3 is 0 Å². The molecule has 0 saturated heterocycles. The Morgan fingerprint density at radius 3 is 2.56 bits per heavy atom. The predicted molar refractivity (Wildman–Crippen MR) is 78.3 cm³/mol. The van der Waals surface area contributed by atoms with E-state index >= 15 is 0 Å². The van der Waals surface area contributed by atoms with Crippen LogP contribution in [0.3, 0.4) is 0 Å². The predicted octanol–water partition coefficient (Wildman–Crippen LogP) is 3.47. The molecule has 1 heterocycles. The molecule has 0 fully saturated rings. The quantitative estimate of drug-likeness (QED) is 0.910. The minimum atomic E-state index is 0.591. The maximum Gasteiger partial charge on any atom is 0.183 e. The zero-order valence-corrected chi connectivity index (χ0v) is 12.1. The SMILES string of the molecule is CN(C)Cc1ccc(NCc2cnc(Cl)s2)cc1. The molecular weight excluding hydrogens is 266 g/mol. The van der Waals surface area contributed by atoms with Gasteiger partial charge in [-0.3, -0.25) is 0 Å². The van der Waals surface area contributed by atoms with Gasteiger partial charge in [-0.15, -0.1) is 11.3 Å². The molecule has 1 aromatic carbocycles. The Balaban J connectivity index is 1.90. The van der Waals surface area contributed by atoms with E-state index in [1.54, 1.807) is 6.20 Å². The van der Waals surface area contributed by atoms with Crippen LogP contribution in [0, 0.1) is 0 Å². The first-order chi connectivity index (χ1) is 8.63. The first-order valence-electron chi connectivity index (χ1n) is 5.71. The van der Waals surface area contributed by atoms with Gasteiger partial charge in [0.25, 0.3) is 0 Å². The fourth-order valence-corrected chi connectivity index (χ4v) is 2.57. The van der Waals surface area contributed by atoms with Gasteiger partial charge in [0.15, 0.2) is 4.47 Å². The van der Waals surface area contributed by atoms with Crippen LogP contribution in [-0.4, -0.2) is 24.0 Å². The number of halogens is 1. The van der Waals surface area contributed by atoms with Crippen molar-refractivity contribution < 1.29 is 0 Å². The molecule has 0 atom stereocenters. The minimum absolute atomic E-state index is 0.591. The third-order valence-corrected chi connectivity index (χ3v) is 3.56. The van der Waals surface area contributed by atoms with Crippen molar-refractivity contribution in [3.8, 4) is 0 Å². The van der Waals surface area contributed by atoms with Gasteiger partial charge in [-0.1, -0.05) is 23.7 Å². The lowest BCUT2D eigenvalue weighted by molar-refractivity contribution is 0.402. The van der Waals surface area contributed by atoms with Crippen LogP contribution in [0.4, 0.5) is 5.69 Å². The van der Waals surface area contributed by atoms with E-state index < -0.39 is 0 Å². The molecule has 0 saturated carbocycles. The Morgan fingerprint density at radius 2 is 2.00 bits per heavy atom. The zero-order chi connectivity index (χ0) is 13.0. The summed E-state index contributed by atoms with van der Waals surface area (Å²) < 4.78 is 0.591. The lowest BCUT2D eigenvalue weighted by Gasteiger charge is -2.10. The van der Waals surface area contributed by atoms with Crippen LogP contribution in [0.25, 0.3) is 0 Å². The molecular formula is C13H16ClN3S. The van der Waals surface area contributed by atoms with Crippen LogP contribution in [0.1, 0.15) is 10.4 Å². The second-order valence-corrected chi connectivity index (χ2v) is 6.07. The first-order valence-corrected chi connectivity index (χ1v) is 6.90. The van der Waals surface area contributed by atoms with Crippen LogP contribution < -0.4 is 5.32 Å². The number of rotatable bonds is 5. The van der Waals surface area contributed by atoms with E-state index in [0.717, 1.165) is 23.7 Å². The van der Waals surface area contributed by atoms with Crippen LogP contribution in [0.15, 0.2) is 30.5 Å². The fourth-order valence-electron chi connectivity index (χ4n) is 1.65. The molecule has 5 heteroatoms. The largest absolute Gasteiger partial charge is 0.380 e. The monoisotopic (exact) mass is 281 g/mol. The number of thiazole rings is 1. The van der Waals surface area contributed by atoms with E-state index in [9.17, 15) is 0 Å². The lowest BCUT2D eigenvalue weighted by Crippen LogP contribution is -2.10. The molecule has 18 heavy (non-hydrogen) atoms. The number of hydrogen-bond acceptors (Lipinski definition) is 4. The van der Waals surface area contributed by atoms with E-state index in [4.69, 9.17) is 11.6 Å². The van der Waals surface area contributed by atoms with E-state index in [0.29, 0.717) is 4.47 Å². The molecule has 0 bridgehead atoms. The highest BCUT2D eigenvalue weighted by Gasteiger charge is 2.00. The summed E-state index contributed by atoms with van der Waals surface area (Å²) in [5.74, 6) is 0. The number of anilines is 1. The Hall–Kier alpha value is -1.10. The summed E-state index contributed by atoms with van der Waals surface area (Å²) in [4.78, 5) is 7.31. The molecule has 1 N–H and O–H groups in total. The van der Waals surface area contributed by atoms with E-state index in [-0.39, 0.29) is 0 Å². The average molecular weight is 282 g/mol. The third kappa shape index (κ3) is 3.98. The van der Waals surface area contributed by atoms with Crippen molar-refractivity contribution in [2.24, 2.45) is 0 Å². The normalized spacial score (nSPS) is 10.9. The topological polar surface area (TPSA) is 28.2 Å². The summed E-state index contributed by atoms with van der Waals surface area (Å²) in [6, 6.07) is 8.48. The van der Waals surface area contributed by atoms with Crippen LogP contribution in [0.2, 0.25) is 4.47 Å². The lowest BCUT2D eigenvalue weighted by atomic mass is 10.2. The summed E-state index contributed by atoms with van der Waals surface area (Å²) in [5.41, 5.74) is 2.42. The van der Waals surface area contributed by atoms with Gasteiger partial charge in [-0.05, 0) is 31.8 Å². The Labute approximate surface area is 116 Å². The van der Waals surface area contributed by atoms with E-state index in [1.165, 1.54) is 16.9 Å². The fraction of sp³-hybridized carbons (Fsp3) is 0.308. The summed E-state index contributed by atoms with van der Waals surface area (Å²) in [6.07, 6.45) is 1.81. The number of nitrogens with zero attached hydrogens (tertiary/aromatic N) is 2. The molecule has 0 unspecified atom stereocenters. The van der Waals surface area contributed by atoms with E-state index in [1.807, 2.05) is 0 Å². The van der Waals surface area contributed by atoms with Gasteiger partial charge < -0.3 is 10.2 Å². The Morgan fingerprint density at radius 1 is 1.28 bits per heavy atom. The summed E-state index contributed by atoms with van der Waals surface area (Å²) >= 11 is 7.29. The molecule has 0 amide bonds. The summed E-state index contributed by atoms with van der Waals surface area (Å²) in [7, 11) is 4.14. The molecule has 0 aliphatic rings. The third-order valence-electron chi connectivity index (χ3n) is 2.44. The highest BCUT2D eigenvalue weighted by Crippen LogP contribution is 2.19. The van der Waals surface area contributed by atoms with Crippen molar-refractivity contribution >= 4 is 28.6 Å². The first kappa shape index (κ1) is 13.3. The highest BCUT2D eigenvalue weighted by molar-refractivity contribution is 7.15. The Bertz CT molecular complexity index is 493. The van der Waals surface area contributed by atoms with Crippen molar-refractivity contribution in [1.82, 2.24) is 9.88 Å². The highest BCUT2D eigenvalue weighted by atomic mass is 35.5. The van der Waals surface area contributed by atoms with Crippen molar-refractivity contribution in [1.29, 1.82) is 0 Å². The van der Waals surface area contributed by atoms with Gasteiger partial charge in [0, 0.05) is 23.3 Å². The summed E-state index contributed by atoms with van der Waals surface area (Å²) in [5, 5.41) is 3.35. The van der Waals surface area contributed by atoms with Crippen molar-refractivity contribution in [3.05, 3.63) is 45.4 Å². The molecule has 2 aromatic rings. The maximum atomic E-state index is 5.79. The summed E-state index contributed by atoms with van der Waals surface area (Å²) in [6.45, 7) is 1.72. The van der Waals surface area contributed by atoms with Crippen molar-refractivity contribution in [3.63, 3.8) is 0 Å². The van der Waals surface area contributed by atoms with Gasteiger partial charge in [-0.25, -0.2) is 4.98 Å². The minimum Gasteiger partial charge on any atom is -0.380 e. The van der Waals surface area contributed by atoms with Gasteiger partial charge in [-0.2, -0.15) is 0 Å². The van der Waals surface area contributed by atoms with Crippen molar-refractivity contribution in [2.75, 3.05) is 19.4 Å². The zero-order valence-electron chi connectivity index (χ0n) is 10.5. The number of nitrogens with one attached hydrogen (secondary N) is 1. The van der Waals surface area contributed by atoms with E-state index in [2.05, 4.69) is 53.6 Å². The Kier molecular flexibility index (Phi) is 4.58. The smallest absolute Gasteiger partial charge is 0.183 e. The standard InChI is InChI=1S/C13H16ClN3S/c1-17(2)9-10-3-5-11(6-4-10)15-7-12-8-16-13(14)18-12/h3-6,8,15H,7,9H2,1-2H3. The molecule has 0 radical (unpaired) electrons. The number of hydrogen-bond donors (Lipinski definition) is 1. The molecule has 2 rings (SSSR count). The second-order valence-electron chi connectivity index (χ2n) is 4.37. The maximum absolute atomic E-state index is 5.79. The van der Waals surface area contributed by atoms with Crippen LogP contribution in [-0.2, 0) is 13.1 Å². The van der Waals surface area contributed by atoms with Crippen LogP contribution in [0.5, 0.6) is 0 Å². The molecule has 3 nitrogen and oxygen atoms in total. The van der Waals surface area contributed by atoms with Gasteiger partial charge in [0.2, 0.25) is 0 Å². The number of benzene rings is 1. The van der Waals surface area contributed by atoms with Gasteiger partial charge in [0.05, 0.1) is 6.54 Å². The van der Waals surface area contributed by atoms with Crippen LogP contribution >= 0.6 is 22.9 Å². The molecule has 0 spiro atoms. The molecule has 0 aliphatic heterocycles.